The van der Waals surface area contributed by atoms with Crippen molar-refractivity contribution in [2.24, 2.45) is 0 Å². The number of nitrogens with one attached hydrogen (secondary N) is 2. The van der Waals surface area contributed by atoms with E-state index >= 15 is 0 Å². The Morgan fingerprint density at radius 1 is 0.938 bits per heavy atom. The van der Waals surface area contributed by atoms with E-state index in [1.807, 2.05) is 23.6 Å². The largest absolute Gasteiger partial charge is 0.493 e. The molecular formula is C24H24N2O5S. The third-order valence-electron chi connectivity index (χ3n) is 4.54. The van der Waals surface area contributed by atoms with Crippen molar-refractivity contribution in [1.82, 2.24) is 10.6 Å². The van der Waals surface area contributed by atoms with E-state index in [2.05, 4.69) is 10.6 Å². The third-order valence-corrected chi connectivity index (χ3v) is 5.36. The van der Waals surface area contributed by atoms with Gasteiger partial charge in [0.15, 0.2) is 11.5 Å². The van der Waals surface area contributed by atoms with Crippen LogP contribution in [0.5, 0.6) is 17.2 Å². The van der Waals surface area contributed by atoms with Gasteiger partial charge in [-0.1, -0.05) is 24.3 Å². The summed E-state index contributed by atoms with van der Waals surface area (Å²) in [5.74, 6) is 0.664. The van der Waals surface area contributed by atoms with Crippen LogP contribution in [0.1, 0.15) is 20.8 Å². The van der Waals surface area contributed by atoms with Crippen molar-refractivity contribution in [1.29, 1.82) is 0 Å². The van der Waals surface area contributed by atoms with Gasteiger partial charge in [-0.25, -0.2) is 0 Å². The van der Waals surface area contributed by atoms with Crippen LogP contribution >= 0.6 is 11.3 Å². The highest BCUT2D eigenvalue weighted by atomic mass is 32.1. The summed E-state index contributed by atoms with van der Waals surface area (Å²) in [6.45, 7) is 0.193. The Morgan fingerprint density at radius 2 is 1.62 bits per heavy atom. The van der Waals surface area contributed by atoms with Crippen LogP contribution in [0, 0.1) is 0 Å². The average molecular weight is 453 g/mol. The molecule has 0 bridgehead atoms. The molecule has 1 heterocycles. The fourth-order valence-electron chi connectivity index (χ4n) is 2.97. The zero-order valence-electron chi connectivity index (χ0n) is 18.0. The number of hydrogen-bond donors (Lipinski definition) is 2. The molecule has 0 fully saturated rings. The summed E-state index contributed by atoms with van der Waals surface area (Å²) < 4.78 is 16.1. The van der Waals surface area contributed by atoms with Crippen LogP contribution < -0.4 is 24.8 Å². The van der Waals surface area contributed by atoms with E-state index in [-0.39, 0.29) is 18.1 Å². The summed E-state index contributed by atoms with van der Waals surface area (Å²) in [5.41, 5.74) is 1.36. The van der Waals surface area contributed by atoms with Crippen LogP contribution in [-0.4, -0.2) is 33.1 Å². The maximum absolute atomic E-state index is 13.0. The summed E-state index contributed by atoms with van der Waals surface area (Å²) in [6.07, 6.45) is 1.65. The number of thiophene rings is 1. The SMILES string of the molecule is COc1cc(CNC(=O)C(=Cc2cccs2)NC(=O)c2ccccc2)cc(OC)c1OC. The van der Waals surface area contributed by atoms with E-state index in [0.717, 1.165) is 10.4 Å². The summed E-state index contributed by atoms with van der Waals surface area (Å²) in [5, 5.41) is 7.46. The molecule has 7 nitrogen and oxygen atoms in total. The Kier molecular flexibility index (Phi) is 7.88. The standard InChI is InChI=1S/C24H24N2O5S/c1-29-20-12-16(13-21(30-2)22(20)31-3)15-25-24(28)19(14-18-10-7-11-32-18)26-23(27)17-8-5-4-6-9-17/h4-14H,15H2,1-3H3,(H,25,28)(H,26,27). The van der Waals surface area contributed by atoms with E-state index < -0.39 is 5.91 Å². The fraction of sp³-hybridized carbons (Fsp3) is 0.167. The van der Waals surface area contributed by atoms with Crippen molar-refractivity contribution in [3.8, 4) is 17.2 Å². The number of amides is 2. The second kappa shape index (κ2) is 11.0. The van der Waals surface area contributed by atoms with E-state index in [4.69, 9.17) is 14.2 Å². The first-order chi connectivity index (χ1) is 15.5. The Morgan fingerprint density at radius 3 is 2.19 bits per heavy atom. The lowest BCUT2D eigenvalue weighted by atomic mass is 10.1. The van der Waals surface area contributed by atoms with E-state index in [1.54, 1.807) is 42.5 Å². The number of ether oxygens (including phenoxy) is 3. The second-order valence-electron chi connectivity index (χ2n) is 6.61. The molecule has 2 aromatic carbocycles. The molecule has 32 heavy (non-hydrogen) atoms. The number of carbonyl (C=O) groups is 2. The minimum Gasteiger partial charge on any atom is -0.493 e. The molecular weight excluding hydrogens is 428 g/mol. The molecule has 8 heteroatoms. The predicted molar refractivity (Wildman–Crippen MR) is 124 cm³/mol. The van der Waals surface area contributed by atoms with Crippen molar-refractivity contribution in [2.75, 3.05) is 21.3 Å². The van der Waals surface area contributed by atoms with Crippen LogP contribution in [0.4, 0.5) is 0 Å². The van der Waals surface area contributed by atoms with Gasteiger partial charge in [-0.2, -0.15) is 0 Å². The van der Waals surface area contributed by atoms with Gasteiger partial charge in [0.2, 0.25) is 5.75 Å². The van der Waals surface area contributed by atoms with Gasteiger partial charge >= 0.3 is 0 Å². The monoisotopic (exact) mass is 452 g/mol. The lowest BCUT2D eigenvalue weighted by molar-refractivity contribution is -0.117. The summed E-state index contributed by atoms with van der Waals surface area (Å²) in [7, 11) is 4.58. The highest BCUT2D eigenvalue weighted by Crippen LogP contribution is 2.38. The normalized spacial score (nSPS) is 10.9. The minimum atomic E-state index is -0.420. The third kappa shape index (κ3) is 5.67. The molecule has 0 aliphatic heterocycles. The molecule has 0 saturated carbocycles. The zero-order chi connectivity index (χ0) is 22.9. The van der Waals surface area contributed by atoms with Gasteiger partial charge in [0.25, 0.3) is 11.8 Å². The molecule has 0 aliphatic rings. The molecule has 0 aliphatic carbocycles. The first-order valence-corrected chi connectivity index (χ1v) is 10.6. The number of benzene rings is 2. The summed E-state index contributed by atoms with van der Waals surface area (Å²) >= 11 is 1.47. The lowest BCUT2D eigenvalue weighted by Crippen LogP contribution is -2.34. The van der Waals surface area contributed by atoms with Crippen molar-refractivity contribution < 1.29 is 23.8 Å². The molecule has 2 amide bonds. The van der Waals surface area contributed by atoms with Gasteiger partial charge in [-0.3, -0.25) is 9.59 Å². The van der Waals surface area contributed by atoms with Crippen molar-refractivity contribution in [3.63, 3.8) is 0 Å². The van der Waals surface area contributed by atoms with Crippen LogP contribution in [0.25, 0.3) is 6.08 Å². The van der Waals surface area contributed by atoms with E-state index in [9.17, 15) is 9.59 Å². The molecule has 0 saturated heterocycles. The van der Waals surface area contributed by atoms with Crippen LogP contribution in [0.15, 0.2) is 65.7 Å². The molecule has 0 spiro atoms. The highest BCUT2D eigenvalue weighted by Gasteiger charge is 2.17. The Balaban J connectivity index is 1.79. The number of carbonyl (C=O) groups excluding carboxylic acids is 2. The Labute approximate surface area is 190 Å². The van der Waals surface area contributed by atoms with E-state index in [1.165, 1.54) is 32.7 Å². The summed E-state index contributed by atoms with van der Waals surface area (Å²) in [4.78, 5) is 26.4. The van der Waals surface area contributed by atoms with Crippen LogP contribution in [-0.2, 0) is 11.3 Å². The second-order valence-corrected chi connectivity index (χ2v) is 7.59. The zero-order valence-corrected chi connectivity index (χ0v) is 18.8. The average Bonchev–Trinajstić information content (AvgIpc) is 3.34. The number of hydrogen-bond acceptors (Lipinski definition) is 6. The van der Waals surface area contributed by atoms with Crippen LogP contribution in [0.3, 0.4) is 0 Å². The van der Waals surface area contributed by atoms with Gasteiger partial charge in [-0.15, -0.1) is 11.3 Å². The maximum atomic E-state index is 13.0. The molecule has 0 radical (unpaired) electrons. The first-order valence-electron chi connectivity index (χ1n) is 9.74. The van der Waals surface area contributed by atoms with Gasteiger partial charge in [0.1, 0.15) is 5.70 Å². The fourth-order valence-corrected chi connectivity index (χ4v) is 3.63. The van der Waals surface area contributed by atoms with Crippen molar-refractivity contribution in [3.05, 3.63) is 81.7 Å². The molecule has 0 atom stereocenters. The maximum Gasteiger partial charge on any atom is 0.268 e. The van der Waals surface area contributed by atoms with Crippen molar-refractivity contribution >= 4 is 29.2 Å². The first kappa shape index (κ1) is 22.9. The molecule has 3 aromatic rings. The number of rotatable bonds is 9. The minimum absolute atomic E-state index is 0.147. The molecule has 3 rings (SSSR count). The van der Waals surface area contributed by atoms with Gasteiger partial charge in [0, 0.05) is 17.0 Å². The van der Waals surface area contributed by atoms with Gasteiger partial charge in [-0.05, 0) is 47.4 Å². The van der Waals surface area contributed by atoms with E-state index in [0.29, 0.717) is 22.8 Å². The lowest BCUT2D eigenvalue weighted by Gasteiger charge is -2.15. The van der Waals surface area contributed by atoms with Crippen LogP contribution in [0.2, 0.25) is 0 Å². The molecule has 2 N–H and O–H groups in total. The highest BCUT2D eigenvalue weighted by molar-refractivity contribution is 7.10. The number of methoxy groups -OCH3 is 3. The quantitative estimate of drug-likeness (QED) is 0.482. The predicted octanol–water partition coefficient (Wildman–Crippen LogP) is 3.86. The van der Waals surface area contributed by atoms with Gasteiger partial charge in [0.05, 0.1) is 21.3 Å². The Bertz CT molecular complexity index is 1070. The summed E-state index contributed by atoms with van der Waals surface area (Å²) in [6, 6.07) is 16.0. The smallest absolute Gasteiger partial charge is 0.268 e. The van der Waals surface area contributed by atoms with Crippen molar-refractivity contribution in [2.45, 2.75) is 6.54 Å². The topological polar surface area (TPSA) is 85.9 Å². The Hall–Kier alpha value is -3.78. The molecule has 1 aromatic heterocycles. The molecule has 0 unspecified atom stereocenters. The van der Waals surface area contributed by atoms with Gasteiger partial charge < -0.3 is 24.8 Å². The molecule has 166 valence electrons.